The van der Waals surface area contributed by atoms with Gasteiger partial charge in [0, 0.05) is 22.2 Å². The molecule has 6 heteroatoms. The Bertz CT molecular complexity index is 852. The fraction of sp³-hybridized carbons (Fsp3) is 0.250. The van der Waals surface area contributed by atoms with Crippen LogP contribution in [0, 0.1) is 0 Å². The number of aliphatic hydroxyl groups excluding tert-OH is 2. The molecule has 0 radical (unpaired) electrons. The SMILES string of the molecule is [N-]=[N+]=NCCC(O)C(O)c1ccc2oc3ccccc3c2c1. The minimum Gasteiger partial charge on any atom is -0.456 e. The molecule has 0 amide bonds. The first-order valence-electron chi connectivity index (χ1n) is 6.99. The van der Waals surface area contributed by atoms with Crippen molar-refractivity contribution < 1.29 is 14.6 Å². The molecule has 2 atom stereocenters. The molecule has 3 aromatic rings. The Hall–Kier alpha value is -2.53. The summed E-state index contributed by atoms with van der Waals surface area (Å²) < 4.78 is 5.73. The van der Waals surface area contributed by atoms with E-state index in [1.54, 1.807) is 12.1 Å². The van der Waals surface area contributed by atoms with Crippen molar-refractivity contribution in [2.24, 2.45) is 5.11 Å². The summed E-state index contributed by atoms with van der Waals surface area (Å²) in [7, 11) is 0. The van der Waals surface area contributed by atoms with Crippen molar-refractivity contribution in [1.82, 2.24) is 0 Å². The Labute approximate surface area is 126 Å². The number of para-hydroxylation sites is 1. The van der Waals surface area contributed by atoms with Crippen LogP contribution in [0.5, 0.6) is 0 Å². The minimum atomic E-state index is -1.04. The van der Waals surface area contributed by atoms with Gasteiger partial charge < -0.3 is 14.6 Å². The molecule has 2 unspecified atom stereocenters. The Morgan fingerprint density at radius 1 is 1.09 bits per heavy atom. The fourth-order valence-electron chi connectivity index (χ4n) is 2.54. The van der Waals surface area contributed by atoms with Gasteiger partial charge in [-0.25, -0.2) is 0 Å². The van der Waals surface area contributed by atoms with Gasteiger partial charge in [-0.1, -0.05) is 29.4 Å². The van der Waals surface area contributed by atoms with E-state index in [2.05, 4.69) is 10.0 Å². The highest BCUT2D eigenvalue weighted by atomic mass is 16.3. The number of nitrogens with zero attached hydrogens (tertiary/aromatic N) is 3. The van der Waals surface area contributed by atoms with E-state index in [9.17, 15) is 10.2 Å². The molecule has 0 aliphatic heterocycles. The Balaban J connectivity index is 1.93. The molecule has 2 aromatic carbocycles. The van der Waals surface area contributed by atoms with Crippen LogP contribution in [0.4, 0.5) is 0 Å². The summed E-state index contributed by atoms with van der Waals surface area (Å²) in [5.74, 6) is 0. The lowest BCUT2D eigenvalue weighted by atomic mass is 10.00. The van der Waals surface area contributed by atoms with Crippen LogP contribution in [0.15, 0.2) is 52.0 Å². The Morgan fingerprint density at radius 3 is 2.68 bits per heavy atom. The molecule has 6 nitrogen and oxygen atoms in total. The van der Waals surface area contributed by atoms with Gasteiger partial charge in [-0.15, -0.1) is 0 Å². The molecular weight excluding hydrogens is 282 g/mol. The van der Waals surface area contributed by atoms with Gasteiger partial charge in [0.05, 0.1) is 6.10 Å². The zero-order valence-corrected chi connectivity index (χ0v) is 11.8. The number of azide groups is 1. The van der Waals surface area contributed by atoms with Gasteiger partial charge in [0.2, 0.25) is 0 Å². The molecule has 3 rings (SSSR count). The molecule has 0 fully saturated rings. The number of fused-ring (bicyclic) bond motifs is 3. The number of hydrogen-bond acceptors (Lipinski definition) is 4. The standard InChI is InChI=1S/C16H15N3O3/c17-19-18-8-7-13(20)16(21)10-5-6-15-12(9-10)11-3-1-2-4-14(11)22-15/h1-6,9,13,16,20-21H,7-8H2. The first kappa shape index (κ1) is 14.4. The van der Waals surface area contributed by atoms with Crippen molar-refractivity contribution in [3.8, 4) is 0 Å². The first-order valence-corrected chi connectivity index (χ1v) is 6.99. The van der Waals surface area contributed by atoms with Crippen LogP contribution in [0.2, 0.25) is 0 Å². The number of rotatable bonds is 5. The van der Waals surface area contributed by atoms with Crippen molar-refractivity contribution in [3.63, 3.8) is 0 Å². The maximum atomic E-state index is 10.2. The van der Waals surface area contributed by atoms with Gasteiger partial charge >= 0.3 is 0 Å². The van der Waals surface area contributed by atoms with E-state index in [0.717, 1.165) is 21.9 Å². The second-order valence-electron chi connectivity index (χ2n) is 5.11. The lowest BCUT2D eigenvalue weighted by Gasteiger charge is -2.17. The normalized spacial score (nSPS) is 13.9. The van der Waals surface area contributed by atoms with Crippen LogP contribution in [0.1, 0.15) is 18.1 Å². The molecule has 0 aliphatic rings. The van der Waals surface area contributed by atoms with E-state index in [0.29, 0.717) is 5.56 Å². The van der Waals surface area contributed by atoms with Gasteiger partial charge in [-0.05, 0) is 35.7 Å². The third-order valence-corrected chi connectivity index (χ3v) is 3.69. The highest BCUT2D eigenvalue weighted by Gasteiger charge is 2.19. The zero-order valence-electron chi connectivity index (χ0n) is 11.8. The molecule has 0 spiro atoms. The average Bonchev–Trinajstić information content (AvgIpc) is 2.92. The van der Waals surface area contributed by atoms with E-state index < -0.39 is 12.2 Å². The molecule has 112 valence electrons. The van der Waals surface area contributed by atoms with Crippen molar-refractivity contribution in [2.75, 3.05) is 6.54 Å². The largest absolute Gasteiger partial charge is 0.456 e. The van der Waals surface area contributed by atoms with Crippen LogP contribution in [-0.2, 0) is 0 Å². The van der Waals surface area contributed by atoms with Crippen molar-refractivity contribution in [2.45, 2.75) is 18.6 Å². The zero-order chi connectivity index (χ0) is 15.5. The van der Waals surface area contributed by atoms with Gasteiger partial charge in [0.15, 0.2) is 0 Å². The maximum absolute atomic E-state index is 10.2. The third-order valence-electron chi connectivity index (χ3n) is 3.69. The summed E-state index contributed by atoms with van der Waals surface area (Å²) in [6, 6.07) is 13.0. The Kier molecular flexibility index (Phi) is 3.98. The smallest absolute Gasteiger partial charge is 0.135 e. The average molecular weight is 297 g/mol. The van der Waals surface area contributed by atoms with Crippen LogP contribution in [-0.4, -0.2) is 22.9 Å². The minimum absolute atomic E-state index is 0.144. The first-order chi connectivity index (χ1) is 10.7. The summed E-state index contributed by atoms with van der Waals surface area (Å²) >= 11 is 0. The summed E-state index contributed by atoms with van der Waals surface area (Å²) in [4.78, 5) is 2.63. The monoisotopic (exact) mass is 297 g/mol. The van der Waals surface area contributed by atoms with E-state index >= 15 is 0 Å². The summed E-state index contributed by atoms with van der Waals surface area (Å²) in [5, 5.41) is 25.4. The van der Waals surface area contributed by atoms with Crippen molar-refractivity contribution in [1.29, 1.82) is 0 Å². The van der Waals surface area contributed by atoms with Crippen molar-refractivity contribution in [3.05, 3.63) is 58.5 Å². The summed E-state index contributed by atoms with van der Waals surface area (Å²) in [6.07, 6.45) is -1.82. The summed E-state index contributed by atoms with van der Waals surface area (Å²) in [6.45, 7) is 0.144. The topological polar surface area (TPSA) is 102 Å². The number of hydrogen-bond donors (Lipinski definition) is 2. The molecule has 2 N–H and O–H groups in total. The summed E-state index contributed by atoms with van der Waals surface area (Å²) in [5.41, 5.74) is 10.4. The predicted octanol–water partition coefficient (Wildman–Crippen LogP) is 3.68. The predicted molar refractivity (Wildman–Crippen MR) is 83.3 cm³/mol. The number of benzene rings is 2. The molecule has 0 aliphatic carbocycles. The Morgan fingerprint density at radius 2 is 1.86 bits per heavy atom. The van der Waals surface area contributed by atoms with Crippen molar-refractivity contribution >= 4 is 21.9 Å². The highest BCUT2D eigenvalue weighted by molar-refractivity contribution is 6.04. The number of aliphatic hydroxyl groups is 2. The molecular formula is C16H15N3O3. The second-order valence-corrected chi connectivity index (χ2v) is 5.11. The van der Waals surface area contributed by atoms with Gasteiger partial charge in [-0.3, -0.25) is 0 Å². The second kappa shape index (κ2) is 6.07. The molecule has 0 bridgehead atoms. The molecule has 22 heavy (non-hydrogen) atoms. The van der Waals surface area contributed by atoms with E-state index in [4.69, 9.17) is 9.95 Å². The van der Waals surface area contributed by atoms with Crippen LogP contribution in [0.25, 0.3) is 32.4 Å². The van der Waals surface area contributed by atoms with E-state index in [1.165, 1.54) is 0 Å². The van der Waals surface area contributed by atoms with E-state index in [-0.39, 0.29) is 13.0 Å². The molecule has 0 saturated heterocycles. The lowest BCUT2D eigenvalue weighted by Crippen LogP contribution is -2.19. The fourth-order valence-corrected chi connectivity index (χ4v) is 2.54. The van der Waals surface area contributed by atoms with Gasteiger partial charge in [-0.2, -0.15) is 0 Å². The number of furan rings is 1. The molecule has 1 aromatic heterocycles. The molecule has 0 saturated carbocycles. The highest BCUT2D eigenvalue weighted by Crippen LogP contribution is 2.31. The quantitative estimate of drug-likeness (QED) is 0.426. The van der Waals surface area contributed by atoms with Crippen LogP contribution >= 0.6 is 0 Å². The van der Waals surface area contributed by atoms with E-state index in [1.807, 2.05) is 30.3 Å². The van der Waals surface area contributed by atoms with Crippen LogP contribution in [0.3, 0.4) is 0 Å². The molecule has 1 heterocycles. The van der Waals surface area contributed by atoms with Gasteiger partial charge in [0.1, 0.15) is 17.3 Å². The lowest BCUT2D eigenvalue weighted by molar-refractivity contribution is 0.0151. The maximum Gasteiger partial charge on any atom is 0.135 e. The van der Waals surface area contributed by atoms with Gasteiger partial charge in [0.25, 0.3) is 0 Å². The van der Waals surface area contributed by atoms with Crippen LogP contribution < -0.4 is 0 Å². The third kappa shape index (κ3) is 2.63.